The quantitative estimate of drug-likeness (QED) is 0.234. The second-order valence-electron chi connectivity index (χ2n) is 8.08. The Labute approximate surface area is 203 Å². The number of alkyl halides is 3. The standard InChI is InChI=1S/C25H31F3N6O/c26-25(27,28)21-12-8-11-20(17-21)18-31-24-33-22(29-14-6-1-2-7-16-35)32-23(34-24)30-15-13-19-9-4-3-5-10-19/h3-5,8-12,17,35H,1-2,6-7,13-16,18H2,(H3,29,30,31,32,33,34). The van der Waals surface area contributed by atoms with E-state index >= 15 is 0 Å². The fourth-order valence-corrected chi connectivity index (χ4v) is 3.41. The van der Waals surface area contributed by atoms with E-state index in [9.17, 15) is 13.2 Å². The summed E-state index contributed by atoms with van der Waals surface area (Å²) in [5.74, 6) is 1.03. The summed E-state index contributed by atoms with van der Waals surface area (Å²) in [6, 6.07) is 15.2. The molecule has 3 rings (SSSR count). The largest absolute Gasteiger partial charge is 0.416 e. The zero-order chi connectivity index (χ0) is 24.9. The van der Waals surface area contributed by atoms with Crippen molar-refractivity contribution in [1.82, 2.24) is 15.0 Å². The first-order valence-corrected chi connectivity index (χ1v) is 11.7. The number of aliphatic hydroxyl groups is 1. The molecule has 188 valence electrons. The number of benzene rings is 2. The molecular formula is C25H31F3N6O. The third kappa shape index (κ3) is 9.40. The molecule has 0 atom stereocenters. The van der Waals surface area contributed by atoms with Crippen LogP contribution in [0.2, 0.25) is 0 Å². The maximum Gasteiger partial charge on any atom is 0.416 e. The lowest BCUT2D eigenvalue weighted by molar-refractivity contribution is -0.137. The SMILES string of the molecule is OCCCCCCNc1nc(NCCc2ccccc2)nc(NCc2cccc(C(F)(F)F)c2)n1. The fraction of sp³-hybridized carbons (Fsp3) is 0.400. The Morgan fingerprint density at radius 3 is 2.00 bits per heavy atom. The molecule has 4 N–H and O–H groups in total. The maximum atomic E-state index is 13.0. The van der Waals surface area contributed by atoms with Gasteiger partial charge in [0.05, 0.1) is 5.56 Å². The van der Waals surface area contributed by atoms with E-state index in [1.165, 1.54) is 11.6 Å². The number of nitrogens with zero attached hydrogens (tertiary/aromatic N) is 3. The molecular weight excluding hydrogens is 457 g/mol. The zero-order valence-corrected chi connectivity index (χ0v) is 19.5. The minimum absolute atomic E-state index is 0.137. The predicted octanol–water partition coefficient (Wildman–Crippen LogP) is 5.12. The van der Waals surface area contributed by atoms with Crippen molar-refractivity contribution in [3.8, 4) is 0 Å². The van der Waals surface area contributed by atoms with E-state index in [0.717, 1.165) is 44.2 Å². The molecule has 3 aromatic rings. The third-order valence-corrected chi connectivity index (χ3v) is 5.25. The number of unbranched alkanes of at least 4 members (excludes halogenated alkanes) is 3. The van der Waals surface area contributed by atoms with Crippen LogP contribution in [0.5, 0.6) is 0 Å². The summed E-state index contributed by atoms with van der Waals surface area (Å²) in [5.41, 5.74) is 0.953. The first kappa shape index (κ1) is 26.2. The highest BCUT2D eigenvalue weighted by atomic mass is 19.4. The number of halogens is 3. The topological polar surface area (TPSA) is 95.0 Å². The van der Waals surface area contributed by atoms with Crippen molar-refractivity contribution in [2.45, 2.75) is 44.8 Å². The minimum Gasteiger partial charge on any atom is -0.396 e. The predicted molar refractivity (Wildman–Crippen MR) is 131 cm³/mol. The molecule has 0 bridgehead atoms. The van der Waals surface area contributed by atoms with Crippen molar-refractivity contribution in [3.05, 3.63) is 71.3 Å². The molecule has 0 saturated carbocycles. The Morgan fingerprint density at radius 2 is 1.31 bits per heavy atom. The first-order chi connectivity index (χ1) is 16.9. The van der Waals surface area contributed by atoms with E-state index in [1.54, 1.807) is 6.07 Å². The Kier molecular flexibility index (Phi) is 10.1. The van der Waals surface area contributed by atoms with Crippen LogP contribution in [0.3, 0.4) is 0 Å². The molecule has 1 aromatic heterocycles. The number of anilines is 3. The van der Waals surface area contributed by atoms with Gasteiger partial charge in [-0.05, 0) is 42.5 Å². The van der Waals surface area contributed by atoms with Crippen molar-refractivity contribution < 1.29 is 18.3 Å². The molecule has 0 spiro atoms. The van der Waals surface area contributed by atoms with Gasteiger partial charge in [-0.25, -0.2) is 0 Å². The van der Waals surface area contributed by atoms with Gasteiger partial charge in [-0.3, -0.25) is 0 Å². The van der Waals surface area contributed by atoms with E-state index in [4.69, 9.17) is 5.11 Å². The van der Waals surface area contributed by atoms with E-state index in [2.05, 4.69) is 30.9 Å². The Bertz CT molecular complexity index is 1030. The molecule has 2 aromatic carbocycles. The number of aromatic nitrogens is 3. The molecule has 0 radical (unpaired) electrons. The average Bonchev–Trinajstić information content (AvgIpc) is 2.85. The molecule has 0 aliphatic heterocycles. The molecule has 0 aliphatic rings. The van der Waals surface area contributed by atoms with Crippen molar-refractivity contribution >= 4 is 17.8 Å². The molecule has 0 saturated heterocycles. The summed E-state index contributed by atoms with van der Waals surface area (Å²) in [4.78, 5) is 13.2. The molecule has 0 aliphatic carbocycles. The van der Waals surface area contributed by atoms with Crippen LogP contribution in [-0.2, 0) is 19.1 Å². The molecule has 35 heavy (non-hydrogen) atoms. The van der Waals surface area contributed by atoms with Gasteiger partial charge in [0.2, 0.25) is 17.8 Å². The molecule has 0 fully saturated rings. The van der Waals surface area contributed by atoms with Gasteiger partial charge in [0, 0.05) is 26.2 Å². The van der Waals surface area contributed by atoms with Gasteiger partial charge >= 0.3 is 6.18 Å². The smallest absolute Gasteiger partial charge is 0.396 e. The van der Waals surface area contributed by atoms with Crippen LogP contribution in [-0.4, -0.2) is 39.8 Å². The van der Waals surface area contributed by atoms with Crippen LogP contribution < -0.4 is 16.0 Å². The Hall–Kier alpha value is -3.40. The van der Waals surface area contributed by atoms with Gasteiger partial charge in [0.15, 0.2) is 0 Å². The van der Waals surface area contributed by atoms with Gasteiger partial charge in [-0.1, -0.05) is 55.3 Å². The molecule has 0 amide bonds. The number of nitrogens with one attached hydrogen (secondary N) is 3. The second kappa shape index (κ2) is 13.5. The highest BCUT2D eigenvalue weighted by Gasteiger charge is 2.30. The first-order valence-electron chi connectivity index (χ1n) is 11.7. The minimum atomic E-state index is -4.40. The molecule has 10 heteroatoms. The average molecular weight is 489 g/mol. The van der Waals surface area contributed by atoms with Gasteiger partial charge in [0.25, 0.3) is 0 Å². The zero-order valence-electron chi connectivity index (χ0n) is 19.5. The monoisotopic (exact) mass is 488 g/mol. The summed E-state index contributed by atoms with van der Waals surface area (Å²) in [5, 5.41) is 18.3. The summed E-state index contributed by atoms with van der Waals surface area (Å²) in [7, 11) is 0. The van der Waals surface area contributed by atoms with Crippen LogP contribution in [0.25, 0.3) is 0 Å². The van der Waals surface area contributed by atoms with Crippen LogP contribution in [0.15, 0.2) is 54.6 Å². The summed E-state index contributed by atoms with van der Waals surface area (Å²) in [6.45, 7) is 1.60. The highest BCUT2D eigenvalue weighted by Crippen LogP contribution is 2.29. The van der Waals surface area contributed by atoms with Crippen LogP contribution in [0.4, 0.5) is 31.0 Å². The lowest BCUT2D eigenvalue weighted by Gasteiger charge is -2.12. The third-order valence-electron chi connectivity index (χ3n) is 5.25. The van der Waals surface area contributed by atoms with Crippen LogP contribution in [0, 0.1) is 0 Å². The van der Waals surface area contributed by atoms with Gasteiger partial charge < -0.3 is 21.1 Å². The number of rotatable bonds is 14. The normalized spacial score (nSPS) is 11.3. The molecule has 7 nitrogen and oxygen atoms in total. The van der Waals surface area contributed by atoms with Crippen molar-refractivity contribution in [2.75, 3.05) is 35.6 Å². The summed E-state index contributed by atoms with van der Waals surface area (Å²) >= 11 is 0. The van der Waals surface area contributed by atoms with Crippen molar-refractivity contribution in [2.24, 2.45) is 0 Å². The lowest BCUT2D eigenvalue weighted by atomic mass is 10.1. The van der Waals surface area contributed by atoms with Gasteiger partial charge in [-0.15, -0.1) is 0 Å². The number of aliphatic hydroxyl groups excluding tert-OH is 1. The van der Waals surface area contributed by atoms with E-state index in [0.29, 0.717) is 30.5 Å². The Morgan fingerprint density at radius 1 is 0.686 bits per heavy atom. The summed E-state index contributed by atoms with van der Waals surface area (Å²) < 4.78 is 39.0. The highest BCUT2D eigenvalue weighted by molar-refractivity contribution is 5.43. The molecule has 1 heterocycles. The Balaban J connectivity index is 1.64. The van der Waals surface area contributed by atoms with E-state index in [1.807, 2.05) is 30.3 Å². The lowest BCUT2D eigenvalue weighted by Crippen LogP contribution is -2.14. The van der Waals surface area contributed by atoms with Crippen molar-refractivity contribution in [3.63, 3.8) is 0 Å². The van der Waals surface area contributed by atoms with E-state index in [-0.39, 0.29) is 19.1 Å². The fourth-order valence-electron chi connectivity index (χ4n) is 3.41. The second-order valence-corrected chi connectivity index (χ2v) is 8.08. The maximum absolute atomic E-state index is 13.0. The van der Waals surface area contributed by atoms with Crippen molar-refractivity contribution in [1.29, 1.82) is 0 Å². The van der Waals surface area contributed by atoms with Crippen LogP contribution >= 0.6 is 0 Å². The van der Waals surface area contributed by atoms with Gasteiger partial charge in [-0.2, -0.15) is 28.1 Å². The van der Waals surface area contributed by atoms with Gasteiger partial charge in [0.1, 0.15) is 0 Å². The number of hydrogen-bond donors (Lipinski definition) is 4. The number of hydrogen-bond acceptors (Lipinski definition) is 7. The molecule has 0 unspecified atom stereocenters. The summed E-state index contributed by atoms with van der Waals surface area (Å²) in [6.07, 6.45) is -0.00628. The van der Waals surface area contributed by atoms with Crippen LogP contribution in [0.1, 0.15) is 42.4 Å². The van der Waals surface area contributed by atoms with E-state index < -0.39 is 11.7 Å².